The molecule has 0 radical (unpaired) electrons. The Morgan fingerprint density at radius 3 is 3.00 bits per heavy atom. The molecule has 1 saturated carbocycles. The van der Waals surface area contributed by atoms with Crippen LogP contribution in [0.15, 0.2) is 18.2 Å². The topological polar surface area (TPSA) is 29.5 Å². The van der Waals surface area contributed by atoms with Crippen LogP contribution >= 0.6 is 0 Å². The lowest BCUT2D eigenvalue weighted by Gasteiger charge is -2.27. The quantitative estimate of drug-likeness (QED) is 0.856. The highest BCUT2D eigenvalue weighted by molar-refractivity contribution is 5.46. The Hall–Kier alpha value is -1.53. The molecule has 2 unspecified atom stereocenters. The van der Waals surface area contributed by atoms with Crippen molar-refractivity contribution < 1.29 is 14.2 Å². The third-order valence-corrected chi connectivity index (χ3v) is 3.58. The summed E-state index contributed by atoms with van der Waals surface area (Å²) in [6, 6.07) is 4.45. The Morgan fingerprint density at radius 2 is 2.25 bits per heavy atom. The Morgan fingerprint density at radius 1 is 1.40 bits per heavy atom. The number of halogens is 1. The van der Waals surface area contributed by atoms with Gasteiger partial charge in [0.2, 0.25) is 0 Å². The summed E-state index contributed by atoms with van der Waals surface area (Å²) in [4.78, 5) is 0. The Kier molecular flexibility index (Phi) is 5.43. The minimum atomic E-state index is -0.317. The molecule has 0 amide bonds. The average molecular weight is 276 g/mol. The maximum atomic E-state index is 13.3. The molecule has 1 aliphatic carbocycles. The lowest BCUT2D eigenvalue weighted by atomic mass is 9.88. The van der Waals surface area contributed by atoms with Gasteiger partial charge in [0.05, 0.1) is 18.3 Å². The van der Waals surface area contributed by atoms with E-state index >= 15 is 0 Å². The molecule has 1 N–H and O–H groups in total. The number of aliphatic hydroxyl groups excluding tert-OH is 1. The second kappa shape index (κ2) is 7.31. The molecule has 0 aliphatic heterocycles. The second-order valence-corrected chi connectivity index (χ2v) is 5.43. The molecule has 1 fully saturated rings. The molecule has 1 aliphatic rings. The lowest BCUT2D eigenvalue weighted by molar-refractivity contribution is 0.129. The molecule has 2 atom stereocenters. The van der Waals surface area contributed by atoms with Crippen LogP contribution in [-0.4, -0.2) is 17.8 Å². The Bertz CT molecular complexity index is 501. The van der Waals surface area contributed by atoms with Gasteiger partial charge in [-0.1, -0.05) is 25.2 Å². The van der Waals surface area contributed by atoms with E-state index in [1.165, 1.54) is 25.0 Å². The van der Waals surface area contributed by atoms with Gasteiger partial charge < -0.3 is 9.84 Å². The van der Waals surface area contributed by atoms with Crippen molar-refractivity contribution in [2.45, 2.75) is 45.1 Å². The van der Waals surface area contributed by atoms with Crippen LogP contribution in [-0.2, 0) is 0 Å². The molecule has 1 aromatic carbocycles. The smallest absolute Gasteiger partial charge is 0.135 e. The summed E-state index contributed by atoms with van der Waals surface area (Å²) in [7, 11) is 0. The van der Waals surface area contributed by atoms with E-state index in [0.717, 1.165) is 12.8 Å². The van der Waals surface area contributed by atoms with E-state index in [4.69, 9.17) is 9.84 Å². The third-order valence-electron chi connectivity index (χ3n) is 3.58. The van der Waals surface area contributed by atoms with Gasteiger partial charge in [0.15, 0.2) is 0 Å². The van der Waals surface area contributed by atoms with Gasteiger partial charge in [0.1, 0.15) is 11.6 Å². The molecular weight excluding hydrogens is 255 g/mol. The van der Waals surface area contributed by atoms with Crippen molar-refractivity contribution in [2.24, 2.45) is 5.92 Å². The van der Waals surface area contributed by atoms with Crippen molar-refractivity contribution in [1.82, 2.24) is 0 Å². The summed E-state index contributed by atoms with van der Waals surface area (Å²) >= 11 is 0. The molecule has 1 aromatic rings. The van der Waals surface area contributed by atoms with Crippen molar-refractivity contribution in [3.05, 3.63) is 29.6 Å². The van der Waals surface area contributed by atoms with Gasteiger partial charge >= 0.3 is 0 Å². The standard InChI is InChI=1S/C17H21FO2/c1-13-5-4-7-16(11-13)20-17-9-8-15(18)12-14(17)6-2-3-10-19/h8-9,12-13,16,19H,3-5,7,10-11H2,1H3. The normalized spacial score (nSPS) is 21.9. The predicted molar refractivity (Wildman–Crippen MR) is 77.0 cm³/mol. The van der Waals surface area contributed by atoms with Crippen molar-refractivity contribution in [1.29, 1.82) is 0 Å². The molecule has 2 rings (SSSR count). The van der Waals surface area contributed by atoms with E-state index in [-0.39, 0.29) is 18.5 Å². The highest BCUT2D eigenvalue weighted by Gasteiger charge is 2.21. The predicted octanol–water partition coefficient (Wildman–Crippen LogP) is 3.52. The van der Waals surface area contributed by atoms with Crippen LogP contribution < -0.4 is 4.74 Å². The second-order valence-electron chi connectivity index (χ2n) is 5.43. The van der Waals surface area contributed by atoms with E-state index in [1.54, 1.807) is 6.07 Å². The summed E-state index contributed by atoms with van der Waals surface area (Å²) in [6.07, 6.45) is 5.11. The van der Waals surface area contributed by atoms with Crippen LogP contribution in [0, 0.1) is 23.6 Å². The van der Waals surface area contributed by atoms with Crippen molar-refractivity contribution in [3.8, 4) is 17.6 Å². The Labute approximate surface area is 120 Å². The number of aliphatic hydroxyl groups is 1. The number of hydrogen-bond acceptors (Lipinski definition) is 2. The minimum Gasteiger partial charge on any atom is -0.489 e. The maximum Gasteiger partial charge on any atom is 0.135 e. The molecule has 108 valence electrons. The van der Waals surface area contributed by atoms with E-state index in [1.807, 2.05) is 0 Å². The first-order chi connectivity index (χ1) is 9.69. The SMILES string of the molecule is CC1CCCC(Oc2ccc(F)cc2C#CCCO)C1. The van der Waals surface area contributed by atoms with E-state index < -0.39 is 0 Å². The lowest BCUT2D eigenvalue weighted by Crippen LogP contribution is -2.24. The number of hydrogen-bond donors (Lipinski definition) is 1. The fourth-order valence-corrected chi connectivity index (χ4v) is 2.58. The van der Waals surface area contributed by atoms with Crippen LogP contribution in [0.3, 0.4) is 0 Å². The van der Waals surface area contributed by atoms with E-state index in [0.29, 0.717) is 23.7 Å². The van der Waals surface area contributed by atoms with Crippen molar-refractivity contribution in [2.75, 3.05) is 6.61 Å². The molecule has 0 saturated heterocycles. The highest BCUT2D eigenvalue weighted by atomic mass is 19.1. The van der Waals surface area contributed by atoms with Gasteiger partial charge in [0.25, 0.3) is 0 Å². The first-order valence-electron chi connectivity index (χ1n) is 7.25. The summed E-state index contributed by atoms with van der Waals surface area (Å²) in [5, 5.41) is 8.75. The first-order valence-corrected chi connectivity index (χ1v) is 7.25. The van der Waals surface area contributed by atoms with Crippen LogP contribution in [0.1, 0.15) is 44.6 Å². The summed E-state index contributed by atoms with van der Waals surface area (Å²) in [5.74, 6) is 6.71. The van der Waals surface area contributed by atoms with Crippen LogP contribution in [0.4, 0.5) is 4.39 Å². The van der Waals surface area contributed by atoms with Crippen LogP contribution in [0.5, 0.6) is 5.75 Å². The zero-order chi connectivity index (χ0) is 14.4. The molecule has 20 heavy (non-hydrogen) atoms. The van der Waals surface area contributed by atoms with Crippen LogP contribution in [0.2, 0.25) is 0 Å². The maximum absolute atomic E-state index is 13.3. The molecule has 0 heterocycles. The summed E-state index contributed by atoms with van der Waals surface area (Å²) in [5.41, 5.74) is 0.566. The fourth-order valence-electron chi connectivity index (χ4n) is 2.58. The van der Waals surface area contributed by atoms with Crippen molar-refractivity contribution in [3.63, 3.8) is 0 Å². The number of rotatable bonds is 3. The summed E-state index contributed by atoms with van der Waals surface area (Å²) < 4.78 is 19.3. The zero-order valence-corrected chi connectivity index (χ0v) is 11.9. The molecular formula is C17H21FO2. The van der Waals surface area contributed by atoms with Gasteiger partial charge in [-0.3, -0.25) is 0 Å². The molecule has 0 spiro atoms. The molecule has 0 aromatic heterocycles. The van der Waals surface area contributed by atoms with Gasteiger partial charge in [-0.2, -0.15) is 0 Å². The average Bonchev–Trinajstić information content (AvgIpc) is 2.42. The monoisotopic (exact) mass is 276 g/mol. The fraction of sp³-hybridized carbons (Fsp3) is 0.529. The molecule has 0 bridgehead atoms. The van der Waals surface area contributed by atoms with Crippen LogP contribution in [0.25, 0.3) is 0 Å². The molecule has 3 heteroatoms. The molecule has 2 nitrogen and oxygen atoms in total. The van der Waals surface area contributed by atoms with Gasteiger partial charge in [-0.05, 0) is 43.4 Å². The summed E-state index contributed by atoms with van der Waals surface area (Å²) in [6.45, 7) is 2.25. The van der Waals surface area contributed by atoms with E-state index in [2.05, 4.69) is 18.8 Å². The Balaban J connectivity index is 2.12. The largest absolute Gasteiger partial charge is 0.489 e. The van der Waals surface area contributed by atoms with E-state index in [9.17, 15) is 4.39 Å². The number of ether oxygens (including phenoxy) is 1. The van der Waals surface area contributed by atoms with Gasteiger partial charge in [0, 0.05) is 6.42 Å². The highest BCUT2D eigenvalue weighted by Crippen LogP contribution is 2.29. The van der Waals surface area contributed by atoms with Crippen molar-refractivity contribution >= 4 is 0 Å². The van der Waals surface area contributed by atoms with Gasteiger partial charge in [-0.15, -0.1) is 0 Å². The third kappa shape index (κ3) is 4.25. The zero-order valence-electron chi connectivity index (χ0n) is 11.9. The number of benzene rings is 1. The first kappa shape index (κ1) is 14.9. The minimum absolute atomic E-state index is 0.0125. The van der Waals surface area contributed by atoms with Gasteiger partial charge in [-0.25, -0.2) is 4.39 Å².